The smallest absolute Gasteiger partial charge is 0.236 e. The molecule has 2 aliphatic rings. The minimum absolute atomic E-state index is 0.191. The lowest BCUT2D eigenvalue weighted by Gasteiger charge is -2.40. The third-order valence-corrected chi connectivity index (χ3v) is 5.22. The van der Waals surface area contributed by atoms with Gasteiger partial charge in [-0.3, -0.25) is 4.79 Å². The summed E-state index contributed by atoms with van der Waals surface area (Å²) in [6.07, 6.45) is 8.54. The maximum absolute atomic E-state index is 12.2. The summed E-state index contributed by atoms with van der Waals surface area (Å²) in [6.45, 7) is 7.25. The molecule has 2 rings (SSSR count). The predicted octanol–water partition coefficient (Wildman–Crippen LogP) is 2.31. The average Bonchev–Trinajstić information content (AvgIpc) is 2.72. The maximum atomic E-state index is 12.2. The Kier molecular flexibility index (Phi) is 5.67. The molecule has 4 nitrogen and oxygen atoms in total. The third-order valence-electron chi connectivity index (χ3n) is 5.22. The van der Waals surface area contributed by atoms with E-state index in [0.29, 0.717) is 18.5 Å². The molecule has 2 fully saturated rings. The van der Waals surface area contributed by atoms with Gasteiger partial charge < -0.3 is 15.3 Å². The van der Waals surface area contributed by atoms with Gasteiger partial charge in [-0.2, -0.15) is 0 Å². The Labute approximate surface area is 129 Å². The highest BCUT2D eigenvalue weighted by molar-refractivity contribution is 5.78. The highest BCUT2D eigenvalue weighted by Crippen LogP contribution is 2.39. The summed E-state index contributed by atoms with van der Waals surface area (Å²) in [7, 11) is 0. The van der Waals surface area contributed by atoms with Crippen LogP contribution in [0.25, 0.3) is 0 Å². The van der Waals surface area contributed by atoms with Crippen molar-refractivity contribution >= 4 is 5.91 Å². The van der Waals surface area contributed by atoms with Crippen molar-refractivity contribution < 1.29 is 9.90 Å². The Morgan fingerprint density at radius 1 is 1.05 bits per heavy atom. The lowest BCUT2D eigenvalue weighted by atomic mass is 9.71. The number of nitrogens with zero attached hydrogens (tertiary/aromatic N) is 1. The summed E-state index contributed by atoms with van der Waals surface area (Å²) in [4.78, 5) is 14.2. The zero-order valence-electron chi connectivity index (χ0n) is 13.8. The first-order valence-corrected chi connectivity index (χ1v) is 8.61. The standard InChI is InChI=1S/C17H32N2O2/c1-16(2)7-9-17(21,10-8-16)14-18-13-15(20)19-11-5-3-4-6-12-19/h18,21H,3-14H2,1-2H3. The van der Waals surface area contributed by atoms with E-state index in [1.807, 2.05) is 4.90 Å². The van der Waals surface area contributed by atoms with Gasteiger partial charge in [0, 0.05) is 19.6 Å². The molecule has 1 aliphatic heterocycles. The van der Waals surface area contributed by atoms with E-state index in [2.05, 4.69) is 19.2 Å². The zero-order chi connectivity index (χ0) is 15.3. The van der Waals surface area contributed by atoms with E-state index >= 15 is 0 Å². The van der Waals surface area contributed by atoms with Gasteiger partial charge in [-0.05, 0) is 43.9 Å². The molecule has 1 heterocycles. The van der Waals surface area contributed by atoms with Crippen LogP contribution in [0.3, 0.4) is 0 Å². The van der Waals surface area contributed by atoms with Crippen molar-refractivity contribution in [1.29, 1.82) is 0 Å². The summed E-state index contributed by atoms with van der Waals surface area (Å²) < 4.78 is 0. The first-order valence-electron chi connectivity index (χ1n) is 8.61. The van der Waals surface area contributed by atoms with Crippen LogP contribution in [-0.2, 0) is 4.79 Å². The van der Waals surface area contributed by atoms with Crippen LogP contribution in [0.2, 0.25) is 0 Å². The van der Waals surface area contributed by atoms with Crippen LogP contribution in [0.15, 0.2) is 0 Å². The molecular weight excluding hydrogens is 264 g/mol. The van der Waals surface area contributed by atoms with Crippen molar-refractivity contribution in [3.05, 3.63) is 0 Å². The van der Waals surface area contributed by atoms with E-state index in [0.717, 1.165) is 51.6 Å². The SMILES string of the molecule is CC1(C)CCC(O)(CNCC(=O)N2CCCCCC2)CC1. The third kappa shape index (κ3) is 5.26. The molecule has 2 N–H and O–H groups in total. The molecule has 0 atom stereocenters. The number of carbonyl (C=O) groups excluding carboxylic acids is 1. The quantitative estimate of drug-likeness (QED) is 0.837. The fourth-order valence-electron chi connectivity index (χ4n) is 3.40. The molecule has 0 spiro atoms. The first-order chi connectivity index (χ1) is 9.90. The number of aliphatic hydroxyl groups is 1. The van der Waals surface area contributed by atoms with Crippen LogP contribution in [0, 0.1) is 5.41 Å². The second kappa shape index (κ2) is 7.10. The summed E-state index contributed by atoms with van der Waals surface area (Å²) in [5.41, 5.74) is -0.261. The van der Waals surface area contributed by atoms with E-state index in [1.165, 1.54) is 12.8 Å². The van der Waals surface area contributed by atoms with Gasteiger partial charge in [-0.25, -0.2) is 0 Å². The zero-order valence-corrected chi connectivity index (χ0v) is 13.8. The van der Waals surface area contributed by atoms with Crippen molar-refractivity contribution in [3.63, 3.8) is 0 Å². The summed E-state index contributed by atoms with van der Waals surface area (Å²) >= 11 is 0. The minimum atomic E-state index is -0.616. The lowest BCUT2D eigenvalue weighted by molar-refractivity contribution is -0.130. The molecule has 0 bridgehead atoms. The van der Waals surface area contributed by atoms with Crippen molar-refractivity contribution in [2.75, 3.05) is 26.2 Å². The fourth-order valence-corrected chi connectivity index (χ4v) is 3.40. The van der Waals surface area contributed by atoms with Crippen molar-refractivity contribution in [2.45, 2.75) is 70.8 Å². The summed E-state index contributed by atoms with van der Waals surface area (Å²) in [6, 6.07) is 0. The number of likely N-dealkylation sites (tertiary alicyclic amines) is 1. The van der Waals surface area contributed by atoms with Gasteiger partial charge >= 0.3 is 0 Å². The van der Waals surface area contributed by atoms with Gasteiger partial charge in [-0.1, -0.05) is 26.7 Å². The minimum Gasteiger partial charge on any atom is -0.389 e. The number of hydrogen-bond donors (Lipinski definition) is 2. The van der Waals surface area contributed by atoms with Crippen LogP contribution in [0.4, 0.5) is 0 Å². The number of hydrogen-bond acceptors (Lipinski definition) is 3. The Morgan fingerprint density at radius 3 is 2.19 bits per heavy atom. The molecule has 4 heteroatoms. The number of rotatable bonds is 4. The number of carbonyl (C=O) groups is 1. The molecule has 0 aromatic rings. The largest absolute Gasteiger partial charge is 0.389 e. The Balaban J connectivity index is 1.70. The molecule has 0 aromatic heterocycles. The molecular formula is C17H32N2O2. The number of amides is 1. The van der Waals surface area contributed by atoms with E-state index in [9.17, 15) is 9.90 Å². The van der Waals surface area contributed by atoms with Gasteiger partial charge in [0.1, 0.15) is 0 Å². The normalized spacial score (nSPS) is 25.4. The molecule has 1 saturated heterocycles. The van der Waals surface area contributed by atoms with Crippen LogP contribution in [0.5, 0.6) is 0 Å². The lowest BCUT2D eigenvalue weighted by Crippen LogP contribution is -2.48. The van der Waals surface area contributed by atoms with Crippen molar-refractivity contribution in [2.24, 2.45) is 5.41 Å². The Hall–Kier alpha value is -0.610. The first kappa shape index (κ1) is 16.8. The molecule has 1 amide bonds. The van der Waals surface area contributed by atoms with Crippen LogP contribution >= 0.6 is 0 Å². The maximum Gasteiger partial charge on any atom is 0.236 e. The van der Waals surface area contributed by atoms with E-state index in [4.69, 9.17) is 0 Å². The molecule has 122 valence electrons. The molecule has 0 aromatic carbocycles. The number of nitrogens with one attached hydrogen (secondary N) is 1. The van der Waals surface area contributed by atoms with E-state index in [1.54, 1.807) is 0 Å². The van der Waals surface area contributed by atoms with Crippen molar-refractivity contribution in [3.8, 4) is 0 Å². The van der Waals surface area contributed by atoms with Crippen LogP contribution in [-0.4, -0.2) is 47.7 Å². The topological polar surface area (TPSA) is 52.6 Å². The molecule has 1 aliphatic carbocycles. The van der Waals surface area contributed by atoms with Crippen LogP contribution in [0.1, 0.15) is 65.2 Å². The summed E-state index contributed by atoms with van der Waals surface area (Å²) in [5.74, 6) is 0.191. The molecule has 0 radical (unpaired) electrons. The second-order valence-electron chi connectivity index (χ2n) is 7.79. The van der Waals surface area contributed by atoms with Crippen LogP contribution < -0.4 is 5.32 Å². The highest BCUT2D eigenvalue weighted by atomic mass is 16.3. The van der Waals surface area contributed by atoms with E-state index in [-0.39, 0.29) is 5.91 Å². The monoisotopic (exact) mass is 296 g/mol. The van der Waals surface area contributed by atoms with Gasteiger partial charge in [0.2, 0.25) is 5.91 Å². The van der Waals surface area contributed by atoms with Gasteiger partial charge in [0.25, 0.3) is 0 Å². The summed E-state index contributed by atoms with van der Waals surface area (Å²) in [5, 5.41) is 13.8. The van der Waals surface area contributed by atoms with Gasteiger partial charge in [0.05, 0.1) is 12.1 Å². The average molecular weight is 296 g/mol. The highest BCUT2D eigenvalue weighted by Gasteiger charge is 2.36. The Morgan fingerprint density at radius 2 is 1.62 bits per heavy atom. The Bertz CT molecular complexity index is 337. The second-order valence-corrected chi connectivity index (χ2v) is 7.79. The molecule has 0 unspecified atom stereocenters. The van der Waals surface area contributed by atoms with E-state index < -0.39 is 5.60 Å². The van der Waals surface area contributed by atoms with Crippen molar-refractivity contribution in [1.82, 2.24) is 10.2 Å². The fraction of sp³-hybridized carbons (Fsp3) is 0.941. The predicted molar refractivity (Wildman–Crippen MR) is 85.1 cm³/mol. The molecule has 1 saturated carbocycles. The van der Waals surface area contributed by atoms with Gasteiger partial charge in [0.15, 0.2) is 0 Å². The molecule has 21 heavy (non-hydrogen) atoms. The van der Waals surface area contributed by atoms with Gasteiger partial charge in [-0.15, -0.1) is 0 Å².